The Hall–Kier alpha value is -1.91. The zero-order chi connectivity index (χ0) is 8.55. The van der Waals surface area contributed by atoms with Crippen LogP contribution in [-0.2, 0) is 0 Å². The fraction of sp³-hybridized carbons (Fsp3) is 0. The van der Waals surface area contributed by atoms with Crippen molar-refractivity contribution in [3.63, 3.8) is 0 Å². The van der Waals surface area contributed by atoms with E-state index in [1.807, 2.05) is 0 Å². The fourth-order valence-electron chi connectivity index (χ4n) is 0.987. The van der Waals surface area contributed by atoms with E-state index in [0.717, 1.165) is 10.9 Å². The Bertz CT molecular complexity index is 425. The van der Waals surface area contributed by atoms with Crippen LogP contribution in [0.5, 0.6) is 0 Å². The third kappa shape index (κ3) is 0.914. The summed E-state index contributed by atoms with van der Waals surface area (Å²) >= 11 is 0. The molecular weight excluding hydrogens is 154 g/mol. The lowest BCUT2D eigenvalue weighted by Gasteiger charge is -1.98. The molecule has 0 aliphatic rings. The first-order chi connectivity index (χ1) is 5.77. The molecule has 2 aromatic heterocycles. The number of hydrogen-bond donors (Lipinski definition) is 2. The van der Waals surface area contributed by atoms with Gasteiger partial charge in [-0.15, -0.1) is 0 Å². The summed E-state index contributed by atoms with van der Waals surface area (Å²) in [6, 6.07) is 1.66. The van der Waals surface area contributed by atoms with Crippen molar-refractivity contribution in [3.8, 4) is 0 Å². The number of aromatic nitrogens is 3. The number of hydrogen-bond acceptors (Lipinski definition) is 5. The van der Waals surface area contributed by atoms with Gasteiger partial charge in [0.15, 0.2) is 0 Å². The molecule has 0 aliphatic carbocycles. The summed E-state index contributed by atoms with van der Waals surface area (Å²) in [4.78, 5) is 11.7. The lowest BCUT2D eigenvalue weighted by atomic mass is 10.3. The Kier molecular flexibility index (Phi) is 1.30. The topological polar surface area (TPSA) is 90.7 Å². The molecule has 5 nitrogen and oxygen atoms in total. The average Bonchev–Trinajstić information content (AvgIpc) is 2.04. The van der Waals surface area contributed by atoms with Crippen LogP contribution >= 0.6 is 0 Å². The molecule has 0 unspecified atom stereocenters. The van der Waals surface area contributed by atoms with E-state index < -0.39 is 0 Å². The molecule has 0 saturated carbocycles. The van der Waals surface area contributed by atoms with Gasteiger partial charge in [-0.3, -0.25) is 0 Å². The van der Waals surface area contributed by atoms with Gasteiger partial charge >= 0.3 is 0 Å². The van der Waals surface area contributed by atoms with Crippen LogP contribution in [0.4, 0.5) is 11.6 Å². The molecule has 0 saturated heterocycles. The first-order valence-corrected chi connectivity index (χ1v) is 3.39. The highest BCUT2D eigenvalue weighted by Crippen LogP contribution is 2.15. The number of pyridine rings is 1. The number of nitrogens with zero attached hydrogens (tertiary/aromatic N) is 3. The normalized spacial score (nSPS) is 10.3. The predicted octanol–water partition coefficient (Wildman–Crippen LogP) is 0.189. The van der Waals surface area contributed by atoms with E-state index >= 15 is 0 Å². The molecule has 12 heavy (non-hydrogen) atoms. The zero-order valence-corrected chi connectivity index (χ0v) is 6.23. The highest BCUT2D eigenvalue weighted by molar-refractivity contribution is 5.88. The first-order valence-electron chi connectivity index (χ1n) is 3.39. The number of nitrogens with two attached hydrogens (primary N) is 2. The Balaban J connectivity index is 2.86. The van der Waals surface area contributed by atoms with Crippen molar-refractivity contribution in [2.45, 2.75) is 0 Å². The molecule has 2 rings (SSSR count). The Morgan fingerprint density at radius 1 is 1.08 bits per heavy atom. The van der Waals surface area contributed by atoms with E-state index in [0.29, 0.717) is 11.6 Å². The average molecular weight is 161 g/mol. The van der Waals surface area contributed by atoms with Gasteiger partial charge in [0.2, 0.25) is 0 Å². The van der Waals surface area contributed by atoms with Crippen molar-refractivity contribution in [2.75, 3.05) is 11.5 Å². The molecule has 2 aromatic rings. The molecule has 0 spiro atoms. The summed E-state index contributed by atoms with van der Waals surface area (Å²) in [5, 5.41) is 0.728. The largest absolute Gasteiger partial charge is 0.384 e. The fourth-order valence-corrected chi connectivity index (χ4v) is 0.987. The van der Waals surface area contributed by atoms with Gasteiger partial charge in [0, 0.05) is 12.3 Å². The van der Waals surface area contributed by atoms with Crippen molar-refractivity contribution in [3.05, 3.63) is 18.6 Å². The number of rotatable bonds is 0. The second-order valence-corrected chi connectivity index (χ2v) is 2.39. The smallest absolute Gasteiger partial charge is 0.136 e. The monoisotopic (exact) mass is 161 g/mol. The molecule has 0 aromatic carbocycles. The van der Waals surface area contributed by atoms with E-state index in [1.54, 1.807) is 12.3 Å². The van der Waals surface area contributed by atoms with Crippen molar-refractivity contribution in [1.29, 1.82) is 0 Å². The van der Waals surface area contributed by atoms with E-state index in [1.165, 1.54) is 6.33 Å². The highest BCUT2D eigenvalue weighted by atomic mass is 14.9. The van der Waals surface area contributed by atoms with Gasteiger partial charge in [-0.25, -0.2) is 15.0 Å². The minimum absolute atomic E-state index is 0.424. The van der Waals surface area contributed by atoms with Crippen LogP contribution < -0.4 is 11.5 Å². The van der Waals surface area contributed by atoms with Crippen LogP contribution in [0.2, 0.25) is 0 Å². The van der Waals surface area contributed by atoms with Crippen LogP contribution in [0, 0.1) is 0 Å². The summed E-state index contributed by atoms with van der Waals surface area (Å²) < 4.78 is 0. The van der Waals surface area contributed by atoms with Crippen LogP contribution in [0.3, 0.4) is 0 Å². The highest BCUT2D eigenvalue weighted by Gasteiger charge is 1.99. The minimum atomic E-state index is 0.424. The molecule has 60 valence electrons. The first kappa shape index (κ1) is 6.78. The van der Waals surface area contributed by atoms with Crippen LogP contribution in [0.25, 0.3) is 10.9 Å². The van der Waals surface area contributed by atoms with Gasteiger partial charge in [0.25, 0.3) is 0 Å². The quantitative estimate of drug-likeness (QED) is 0.575. The van der Waals surface area contributed by atoms with Crippen LogP contribution in [0.15, 0.2) is 18.6 Å². The molecule has 0 fully saturated rings. The minimum Gasteiger partial charge on any atom is -0.384 e. The third-order valence-corrected chi connectivity index (χ3v) is 1.57. The van der Waals surface area contributed by atoms with Gasteiger partial charge in [0.05, 0.1) is 10.9 Å². The molecule has 4 N–H and O–H groups in total. The number of nitrogen functional groups attached to an aromatic ring is 2. The summed E-state index contributed by atoms with van der Waals surface area (Å²) in [5.41, 5.74) is 11.8. The Morgan fingerprint density at radius 2 is 1.92 bits per heavy atom. The van der Waals surface area contributed by atoms with Gasteiger partial charge < -0.3 is 11.5 Å². The van der Waals surface area contributed by atoms with E-state index in [4.69, 9.17) is 11.5 Å². The lowest BCUT2D eigenvalue weighted by Crippen LogP contribution is -1.95. The number of fused-ring (bicyclic) bond motifs is 1. The Morgan fingerprint density at radius 3 is 2.75 bits per heavy atom. The van der Waals surface area contributed by atoms with E-state index in [9.17, 15) is 0 Å². The van der Waals surface area contributed by atoms with Gasteiger partial charge in [-0.1, -0.05) is 0 Å². The summed E-state index contributed by atoms with van der Waals surface area (Å²) in [5.74, 6) is 0.855. The molecule has 0 radical (unpaired) electrons. The standard InChI is InChI=1S/C7H7N5/c8-6-1-5-4(2-10-6)7(9)12-3-11-5/h1-3H,(H2,8,10)(H2,9,11,12). The maximum Gasteiger partial charge on any atom is 0.136 e. The zero-order valence-electron chi connectivity index (χ0n) is 6.23. The molecule has 0 atom stereocenters. The van der Waals surface area contributed by atoms with Gasteiger partial charge in [-0.2, -0.15) is 0 Å². The molecule has 0 aliphatic heterocycles. The lowest BCUT2D eigenvalue weighted by molar-refractivity contribution is 1.22. The number of anilines is 2. The van der Waals surface area contributed by atoms with E-state index in [2.05, 4.69) is 15.0 Å². The van der Waals surface area contributed by atoms with Crippen LogP contribution in [0.1, 0.15) is 0 Å². The van der Waals surface area contributed by atoms with Crippen molar-refractivity contribution in [2.24, 2.45) is 0 Å². The van der Waals surface area contributed by atoms with E-state index in [-0.39, 0.29) is 0 Å². The molecule has 0 bridgehead atoms. The van der Waals surface area contributed by atoms with Gasteiger partial charge in [-0.05, 0) is 0 Å². The Labute approximate surface area is 68.5 Å². The molecule has 0 amide bonds. The van der Waals surface area contributed by atoms with Crippen molar-refractivity contribution >= 4 is 22.5 Å². The second kappa shape index (κ2) is 2.30. The van der Waals surface area contributed by atoms with Crippen molar-refractivity contribution < 1.29 is 0 Å². The molecular formula is C7H7N5. The summed E-state index contributed by atoms with van der Waals surface area (Å²) in [6.45, 7) is 0. The summed E-state index contributed by atoms with van der Waals surface area (Å²) in [7, 11) is 0. The third-order valence-electron chi connectivity index (χ3n) is 1.57. The SMILES string of the molecule is Nc1cc2ncnc(N)c2cn1. The second-order valence-electron chi connectivity index (χ2n) is 2.39. The maximum atomic E-state index is 5.57. The van der Waals surface area contributed by atoms with Crippen LogP contribution in [-0.4, -0.2) is 15.0 Å². The predicted molar refractivity (Wildman–Crippen MR) is 46.2 cm³/mol. The van der Waals surface area contributed by atoms with Gasteiger partial charge in [0.1, 0.15) is 18.0 Å². The maximum absolute atomic E-state index is 5.57. The molecule has 5 heteroatoms. The summed E-state index contributed by atoms with van der Waals surface area (Å²) in [6.07, 6.45) is 2.97. The molecule has 2 heterocycles. The van der Waals surface area contributed by atoms with Crippen molar-refractivity contribution in [1.82, 2.24) is 15.0 Å².